The lowest BCUT2D eigenvalue weighted by atomic mass is 10.0. The van der Waals surface area contributed by atoms with Crippen molar-refractivity contribution in [3.63, 3.8) is 0 Å². The highest BCUT2D eigenvalue weighted by molar-refractivity contribution is 5.90. The van der Waals surface area contributed by atoms with Gasteiger partial charge in [0.15, 0.2) is 0 Å². The predicted molar refractivity (Wildman–Crippen MR) is 102 cm³/mol. The molecule has 2 amide bonds. The number of carbonyl (C=O) groups excluding carboxylic acids is 2. The zero-order valence-corrected chi connectivity index (χ0v) is 17.0. The number of nitrogens with zero attached hydrogens (tertiary/aromatic N) is 2. The molecule has 1 aromatic carbocycles. The molecule has 6 nitrogen and oxygen atoms in total. The zero-order valence-electron chi connectivity index (χ0n) is 17.0. The van der Waals surface area contributed by atoms with E-state index in [0.717, 1.165) is 12.1 Å². The largest absolute Gasteiger partial charge is 0.416 e. The van der Waals surface area contributed by atoms with Gasteiger partial charge in [-0.1, -0.05) is 26.0 Å². The maximum absolute atomic E-state index is 13.1. The minimum Gasteiger partial charge on any atom is -0.378 e. The van der Waals surface area contributed by atoms with Gasteiger partial charge in [0.05, 0.1) is 18.8 Å². The second-order valence-corrected chi connectivity index (χ2v) is 6.91. The van der Waals surface area contributed by atoms with Crippen molar-refractivity contribution in [2.75, 3.05) is 39.4 Å². The Balaban J connectivity index is 2.23. The van der Waals surface area contributed by atoms with E-state index in [0.29, 0.717) is 39.4 Å². The van der Waals surface area contributed by atoms with Gasteiger partial charge in [0, 0.05) is 13.1 Å². The van der Waals surface area contributed by atoms with E-state index in [1.54, 1.807) is 16.7 Å². The maximum Gasteiger partial charge on any atom is 0.416 e. The summed E-state index contributed by atoms with van der Waals surface area (Å²) < 4.78 is 44.7. The number of ether oxygens (including phenoxy) is 1. The van der Waals surface area contributed by atoms with E-state index < -0.39 is 29.7 Å². The molecule has 162 valence electrons. The van der Waals surface area contributed by atoms with E-state index in [4.69, 9.17) is 4.74 Å². The number of likely N-dealkylation sites (N-methyl/N-ethyl adjacent to an activating group) is 1. The summed E-state index contributed by atoms with van der Waals surface area (Å²) in [5, 5.41) is 2.69. The molecule has 2 atom stereocenters. The summed E-state index contributed by atoms with van der Waals surface area (Å²) in [4.78, 5) is 29.0. The molecule has 0 spiro atoms. The summed E-state index contributed by atoms with van der Waals surface area (Å²) >= 11 is 0. The molecule has 0 saturated carbocycles. The van der Waals surface area contributed by atoms with Crippen molar-refractivity contribution in [3.05, 3.63) is 35.4 Å². The van der Waals surface area contributed by atoms with E-state index in [2.05, 4.69) is 5.32 Å². The standard InChI is InChI=1S/C20H28F3N3O3/c1-4-25(5-2)17(15-7-6-8-16(13-15)20(21,22)23)18(27)24-14(3)19(28)26-9-11-29-12-10-26/h6-8,13-14,17H,4-5,9-12H2,1-3H3,(H,24,27)/t14-,17-/m1/s1. The summed E-state index contributed by atoms with van der Waals surface area (Å²) in [7, 11) is 0. The minimum absolute atomic E-state index is 0.232. The highest BCUT2D eigenvalue weighted by Gasteiger charge is 2.34. The van der Waals surface area contributed by atoms with Crippen LogP contribution >= 0.6 is 0 Å². The fraction of sp³-hybridized carbons (Fsp3) is 0.600. The van der Waals surface area contributed by atoms with Crippen LogP contribution in [0.1, 0.15) is 37.9 Å². The SMILES string of the molecule is CCN(CC)[C@@H](C(=O)N[C@H](C)C(=O)N1CCOCC1)c1cccc(C(F)(F)F)c1. The van der Waals surface area contributed by atoms with Crippen molar-refractivity contribution in [2.24, 2.45) is 0 Å². The van der Waals surface area contributed by atoms with Gasteiger partial charge in [-0.2, -0.15) is 13.2 Å². The monoisotopic (exact) mass is 415 g/mol. The molecular formula is C20H28F3N3O3. The van der Waals surface area contributed by atoms with Crippen LogP contribution in [0.2, 0.25) is 0 Å². The molecule has 2 rings (SSSR count). The number of halogens is 3. The van der Waals surface area contributed by atoms with Crippen LogP contribution in [-0.4, -0.2) is 67.0 Å². The van der Waals surface area contributed by atoms with Gasteiger partial charge < -0.3 is 15.0 Å². The zero-order chi connectivity index (χ0) is 21.6. The topological polar surface area (TPSA) is 61.9 Å². The molecule has 0 aliphatic carbocycles. The smallest absolute Gasteiger partial charge is 0.378 e. The molecule has 0 aromatic heterocycles. The quantitative estimate of drug-likeness (QED) is 0.743. The highest BCUT2D eigenvalue weighted by Crippen LogP contribution is 2.32. The number of hydrogen-bond acceptors (Lipinski definition) is 4. The van der Waals surface area contributed by atoms with Gasteiger partial charge in [0.25, 0.3) is 0 Å². The number of benzene rings is 1. The van der Waals surface area contributed by atoms with Crippen LogP contribution < -0.4 is 5.32 Å². The molecule has 1 aromatic rings. The molecule has 0 radical (unpaired) electrons. The molecule has 1 aliphatic heterocycles. The average molecular weight is 415 g/mol. The third kappa shape index (κ3) is 5.93. The normalized spacial score (nSPS) is 17.1. The van der Waals surface area contributed by atoms with Crippen LogP contribution in [0.15, 0.2) is 24.3 Å². The number of alkyl halides is 3. The molecule has 29 heavy (non-hydrogen) atoms. The summed E-state index contributed by atoms with van der Waals surface area (Å²) in [5.74, 6) is -0.730. The molecule has 1 saturated heterocycles. The second kappa shape index (κ2) is 10.1. The fourth-order valence-corrected chi connectivity index (χ4v) is 3.41. The first-order valence-corrected chi connectivity index (χ1v) is 9.77. The molecule has 0 unspecified atom stereocenters. The summed E-state index contributed by atoms with van der Waals surface area (Å²) in [6.07, 6.45) is -4.50. The van der Waals surface area contributed by atoms with Crippen LogP contribution in [0, 0.1) is 0 Å². The van der Waals surface area contributed by atoms with Crippen LogP contribution in [-0.2, 0) is 20.5 Å². The van der Waals surface area contributed by atoms with E-state index in [1.807, 2.05) is 13.8 Å². The van der Waals surface area contributed by atoms with Crippen LogP contribution in [0.3, 0.4) is 0 Å². The third-order valence-corrected chi connectivity index (χ3v) is 5.01. The number of morpholine rings is 1. The first-order chi connectivity index (χ1) is 13.7. The van der Waals surface area contributed by atoms with E-state index in [1.165, 1.54) is 12.1 Å². The number of nitrogens with one attached hydrogen (secondary N) is 1. The number of carbonyl (C=O) groups is 2. The number of amides is 2. The summed E-state index contributed by atoms with van der Waals surface area (Å²) in [6.45, 7) is 7.98. The number of hydrogen-bond donors (Lipinski definition) is 1. The lowest BCUT2D eigenvalue weighted by Crippen LogP contribution is -2.52. The van der Waals surface area contributed by atoms with Crippen molar-refractivity contribution in [3.8, 4) is 0 Å². The molecule has 1 heterocycles. The van der Waals surface area contributed by atoms with Gasteiger partial charge in [0.2, 0.25) is 11.8 Å². The van der Waals surface area contributed by atoms with Gasteiger partial charge in [-0.25, -0.2) is 0 Å². The Hall–Kier alpha value is -2.13. The minimum atomic E-state index is -4.50. The first-order valence-electron chi connectivity index (χ1n) is 9.77. The van der Waals surface area contributed by atoms with Crippen molar-refractivity contribution >= 4 is 11.8 Å². The van der Waals surface area contributed by atoms with Crippen LogP contribution in [0.4, 0.5) is 13.2 Å². The van der Waals surface area contributed by atoms with Crippen LogP contribution in [0.25, 0.3) is 0 Å². The van der Waals surface area contributed by atoms with Gasteiger partial charge in [-0.15, -0.1) is 0 Å². The van der Waals surface area contributed by atoms with E-state index in [9.17, 15) is 22.8 Å². The Bertz CT molecular complexity index is 702. The van der Waals surface area contributed by atoms with E-state index in [-0.39, 0.29) is 11.5 Å². The Morgan fingerprint density at radius 2 is 1.83 bits per heavy atom. The third-order valence-electron chi connectivity index (χ3n) is 5.01. The molecular weight excluding hydrogens is 387 g/mol. The van der Waals surface area contributed by atoms with Crippen molar-refractivity contribution in [1.29, 1.82) is 0 Å². The maximum atomic E-state index is 13.1. The lowest BCUT2D eigenvalue weighted by Gasteiger charge is -2.32. The molecule has 1 N–H and O–H groups in total. The second-order valence-electron chi connectivity index (χ2n) is 6.91. The van der Waals surface area contributed by atoms with Crippen LogP contribution in [0.5, 0.6) is 0 Å². The Kier molecular flexibility index (Phi) is 8.04. The molecule has 0 bridgehead atoms. The van der Waals surface area contributed by atoms with Gasteiger partial charge in [-0.3, -0.25) is 14.5 Å². The van der Waals surface area contributed by atoms with Crippen molar-refractivity contribution in [2.45, 2.75) is 39.0 Å². The fourth-order valence-electron chi connectivity index (χ4n) is 3.41. The summed E-state index contributed by atoms with van der Waals surface area (Å²) in [6, 6.07) is 3.07. The Morgan fingerprint density at radius 3 is 2.38 bits per heavy atom. The van der Waals surface area contributed by atoms with Gasteiger partial charge in [0.1, 0.15) is 12.1 Å². The van der Waals surface area contributed by atoms with Crippen molar-refractivity contribution < 1.29 is 27.5 Å². The summed E-state index contributed by atoms with van der Waals surface area (Å²) in [5.41, 5.74) is -0.565. The lowest BCUT2D eigenvalue weighted by molar-refractivity contribution is -0.140. The number of rotatable bonds is 7. The van der Waals surface area contributed by atoms with Crippen molar-refractivity contribution in [1.82, 2.24) is 15.1 Å². The van der Waals surface area contributed by atoms with Gasteiger partial charge in [-0.05, 0) is 37.7 Å². The van der Waals surface area contributed by atoms with Gasteiger partial charge >= 0.3 is 6.18 Å². The average Bonchev–Trinajstić information content (AvgIpc) is 2.71. The molecule has 1 fully saturated rings. The first kappa shape index (κ1) is 23.2. The Labute approximate surface area is 169 Å². The van der Waals surface area contributed by atoms with E-state index >= 15 is 0 Å². The highest BCUT2D eigenvalue weighted by atomic mass is 19.4. The molecule has 9 heteroatoms. The predicted octanol–water partition coefficient (Wildman–Crippen LogP) is 2.45. The molecule has 1 aliphatic rings. The Morgan fingerprint density at radius 1 is 1.21 bits per heavy atom.